The summed E-state index contributed by atoms with van der Waals surface area (Å²) in [4.78, 5) is 11.8. The third-order valence-corrected chi connectivity index (χ3v) is 2.52. The predicted molar refractivity (Wildman–Crippen MR) is 70.3 cm³/mol. The Hall–Kier alpha value is -1.07. The van der Waals surface area contributed by atoms with Crippen LogP contribution in [0.4, 0.5) is 4.79 Å². The molecule has 104 valence electrons. The summed E-state index contributed by atoms with van der Waals surface area (Å²) >= 11 is 0. The molecule has 0 aromatic rings. The fraction of sp³-hybridized carbons (Fsp3) is 0.769. The minimum absolute atomic E-state index is 0.0529. The van der Waals surface area contributed by atoms with Crippen LogP contribution in [0.15, 0.2) is 12.2 Å². The van der Waals surface area contributed by atoms with E-state index in [0.717, 1.165) is 6.42 Å². The first kappa shape index (κ1) is 15.0. The smallest absolute Gasteiger partial charge is 0.408 e. The Morgan fingerprint density at radius 1 is 1.56 bits per heavy atom. The second kappa shape index (κ2) is 5.71. The van der Waals surface area contributed by atoms with Crippen LogP contribution in [0.25, 0.3) is 0 Å². The van der Waals surface area contributed by atoms with E-state index in [4.69, 9.17) is 15.2 Å². The molecule has 0 saturated carbocycles. The van der Waals surface area contributed by atoms with E-state index in [9.17, 15) is 4.79 Å². The van der Waals surface area contributed by atoms with E-state index in [2.05, 4.69) is 5.32 Å². The maximum absolute atomic E-state index is 11.8. The molecule has 0 aromatic heterocycles. The van der Waals surface area contributed by atoms with Crippen LogP contribution in [-0.4, -0.2) is 36.5 Å². The van der Waals surface area contributed by atoms with Crippen molar-refractivity contribution in [1.29, 1.82) is 0 Å². The van der Waals surface area contributed by atoms with E-state index in [-0.39, 0.29) is 6.04 Å². The van der Waals surface area contributed by atoms with Gasteiger partial charge in [-0.2, -0.15) is 0 Å². The number of nitrogens with one attached hydrogen (secondary N) is 1. The summed E-state index contributed by atoms with van der Waals surface area (Å²) in [5.74, 6) is 0. The maximum Gasteiger partial charge on any atom is 0.408 e. The van der Waals surface area contributed by atoms with Crippen molar-refractivity contribution in [3.8, 4) is 0 Å². The zero-order valence-electron chi connectivity index (χ0n) is 11.7. The van der Waals surface area contributed by atoms with Gasteiger partial charge in [-0.15, -0.1) is 0 Å². The normalized spacial score (nSPS) is 26.3. The van der Waals surface area contributed by atoms with Gasteiger partial charge in [0.05, 0.1) is 12.1 Å². The predicted octanol–water partition coefficient (Wildman–Crippen LogP) is 1.57. The number of amides is 1. The van der Waals surface area contributed by atoms with Gasteiger partial charge in [-0.05, 0) is 34.1 Å². The molecule has 1 fully saturated rings. The van der Waals surface area contributed by atoms with Crippen molar-refractivity contribution < 1.29 is 14.3 Å². The van der Waals surface area contributed by atoms with Crippen molar-refractivity contribution in [3.05, 3.63) is 12.2 Å². The SMILES string of the molecule is CC(N)/C=C/C1(NC(=O)OC(C)(C)C)CCOC1. The molecule has 1 amide bonds. The summed E-state index contributed by atoms with van der Waals surface area (Å²) in [6.45, 7) is 8.47. The number of hydrogen-bond donors (Lipinski definition) is 2. The first-order valence-corrected chi connectivity index (χ1v) is 6.26. The number of alkyl carbamates (subject to hydrolysis) is 1. The van der Waals surface area contributed by atoms with Crippen LogP contribution in [0.2, 0.25) is 0 Å². The van der Waals surface area contributed by atoms with Gasteiger partial charge in [0.1, 0.15) is 5.60 Å². The van der Waals surface area contributed by atoms with Gasteiger partial charge in [-0.3, -0.25) is 0 Å². The lowest BCUT2D eigenvalue weighted by atomic mass is 9.97. The molecule has 1 aliphatic heterocycles. The van der Waals surface area contributed by atoms with Crippen molar-refractivity contribution in [2.24, 2.45) is 5.73 Å². The van der Waals surface area contributed by atoms with Crippen LogP contribution in [0.5, 0.6) is 0 Å². The molecule has 0 spiro atoms. The Kier molecular flexibility index (Phi) is 4.76. The average molecular weight is 256 g/mol. The molecule has 1 rings (SSSR count). The van der Waals surface area contributed by atoms with Gasteiger partial charge >= 0.3 is 6.09 Å². The van der Waals surface area contributed by atoms with E-state index in [1.807, 2.05) is 39.8 Å². The zero-order valence-corrected chi connectivity index (χ0v) is 11.7. The lowest BCUT2D eigenvalue weighted by Gasteiger charge is -2.28. The molecule has 2 atom stereocenters. The monoisotopic (exact) mass is 256 g/mol. The molecule has 2 unspecified atom stereocenters. The first-order chi connectivity index (χ1) is 8.22. The summed E-state index contributed by atoms with van der Waals surface area (Å²) in [7, 11) is 0. The van der Waals surface area contributed by atoms with Gasteiger partial charge in [0.15, 0.2) is 0 Å². The standard InChI is InChI=1S/C13H24N2O3/c1-10(14)5-6-13(7-8-17-9-13)15-11(16)18-12(2,3)4/h5-6,10H,7-9,14H2,1-4H3,(H,15,16)/b6-5+. The van der Waals surface area contributed by atoms with Gasteiger partial charge in [0.25, 0.3) is 0 Å². The molecular weight excluding hydrogens is 232 g/mol. The number of carbonyl (C=O) groups is 1. The summed E-state index contributed by atoms with van der Waals surface area (Å²) in [6, 6.07) is -0.0529. The van der Waals surface area contributed by atoms with E-state index in [1.165, 1.54) is 0 Å². The molecule has 1 aliphatic rings. The Bertz CT molecular complexity index is 313. The minimum atomic E-state index is -0.504. The second-order valence-electron chi connectivity index (χ2n) is 5.80. The second-order valence-corrected chi connectivity index (χ2v) is 5.80. The Balaban J connectivity index is 2.66. The maximum atomic E-state index is 11.8. The van der Waals surface area contributed by atoms with Gasteiger partial charge in [-0.1, -0.05) is 12.2 Å². The van der Waals surface area contributed by atoms with Gasteiger partial charge in [-0.25, -0.2) is 4.79 Å². The number of nitrogens with two attached hydrogens (primary N) is 1. The zero-order chi connectivity index (χ0) is 13.8. The fourth-order valence-corrected chi connectivity index (χ4v) is 1.70. The number of hydrogen-bond acceptors (Lipinski definition) is 4. The van der Waals surface area contributed by atoms with Gasteiger partial charge in [0.2, 0.25) is 0 Å². The highest BCUT2D eigenvalue weighted by Crippen LogP contribution is 2.21. The largest absolute Gasteiger partial charge is 0.444 e. The molecule has 1 heterocycles. The number of rotatable bonds is 3. The highest BCUT2D eigenvalue weighted by molar-refractivity contribution is 5.69. The summed E-state index contributed by atoms with van der Waals surface area (Å²) in [6.07, 6.45) is 4.08. The first-order valence-electron chi connectivity index (χ1n) is 6.26. The molecule has 0 bridgehead atoms. The summed E-state index contributed by atoms with van der Waals surface area (Å²) < 4.78 is 10.6. The van der Waals surface area contributed by atoms with E-state index >= 15 is 0 Å². The molecule has 5 nitrogen and oxygen atoms in total. The highest BCUT2D eigenvalue weighted by atomic mass is 16.6. The fourth-order valence-electron chi connectivity index (χ4n) is 1.70. The lowest BCUT2D eigenvalue weighted by molar-refractivity contribution is 0.0468. The van der Waals surface area contributed by atoms with Crippen LogP contribution >= 0.6 is 0 Å². The summed E-state index contributed by atoms with van der Waals surface area (Å²) in [5, 5.41) is 2.88. The third-order valence-electron chi connectivity index (χ3n) is 2.52. The minimum Gasteiger partial charge on any atom is -0.444 e. The van der Waals surface area contributed by atoms with E-state index in [1.54, 1.807) is 0 Å². The summed E-state index contributed by atoms with van der Waals surface area (Å²) in [5.41, 5.74) is 4.70. The average Bonchev–Trinajstić information content (AvgIpc) is 2.61. The molecule has 18 heavy (non-hydrogen) atoms. The number of ether oxygens (including phenoxy) is 2. The van der Waals surface area contributed by atoms with Crippen molar-refractivity contribution >= 4 is 6.09 Å². The van der Waals surface area contributed by atoms with Crippen LogP contribution in [0, 0.1) is 0 Å². The van der Waals surface area contributed by atoms with E-state index < -0.39 is 17.2 Å². The van der Waals surface area contributed by atoms with Gasteiger partial charge < -0.3 is 20.5 Å². The molecule has 0 aromatic carbocycles. The van der Waals surface area contributed by atoms with Crippen LogP contribution < -0.4 is 11.1 Å². The Labute approximate surface area is 109 Å². The van der Waals surface area contributed by atoms with Crippen molar-refractivity contribution in [2.45, 2.75) is 51.3 Å². The van der Waals surface area contributed by atoms with Crippen molar-refractivity contribution in [3.63, 3.8) is 0 Å². The quantitative estimate of drug-likeness (QED) is 0.752. The Morgan fingerprint density at radius 2 is 2.22 bits per heavy atom. The lowest BCUT2D eigenvalue weighted by Crippen LogP contribution is -2.49. The topological polar surface area (TPSA) is 73.6 Å². The van der Waals surface area contributed by atoms with Crippen molar-refractivity contribution in [2.75, 3.05) is 13.2 Å². The van der Waals surface area contributed by atoms with Gasteiger partial charge in [0, 0.05) is 12.6 Å². The van der Waals surface area contributed by atoms with Crippen LogP contribution in [0.1, 0.15) is 34.1 Å². The number of carbonyl (C=O) groups excluding carboxylic acids is 1. The van der Waals surface area contributed by atoms with Crippen LogP contribution in [0.3, 0.4) is 0 Å². The van der Waals surface area contributed by atoms with Crippen LogP contribution in [-0.2, 0) is 9.47 Å². The third kappa shape index (κ3) is 5.06. The molecule has 0 aliphatic carbocycles. The Morgan fingerprint density at radius 3 is 2.67 bits per heavy atom. The molecular formula is C13H24N2O3. The molecule has 5 heteroatoms. The molecule has 3 N–H and O–H groups in total. The highest BCUT2D eigenvalue weighted by Gasteiger charge is 2.35. The van der Waals surface area contributed by atoms with E-state index in [0.29, 0.717) is 13.2 Å². The molecule has 0 radical (unpaired) electrons. The van der Waals surface area contributed by atoms with Crippen molar-refractivity contribution in [1.82, 2.24) is 5.32 Å². The molecule has 1 saturated heterocycles.